The molecule has 2 heterocycles. The van der Waals surface area contributed by atoms with Gasteiger partial charge in [-0.15, -0.1) is 0 Å². The Kier molecular flexibility index (Phi) is 5.53. The third kappa shape index (κ3) is 4.68. The van der Waals surface area contributed by atoms with Crippen LogP contribution in [-0.4, -0.2) is 66.6 Å². The number of ether oxygens (including phenoxy) is 1. The Bertz CT molecular complexity index is 658. The van der Waals surface area contributed by atoms with Crippen molar-refractivity contribution in [2.45, 2.75) is 0 Å². The van der Waals surface area contributed by atoms with Gasteiger partial charge >= 0.3 is 5.97 Å². The number of carbonyl (C=O) groups excluding carboxylic acids is 1. The molecule has 1 aromatic heterocycles. The Morgan fingerprint density at radius 2 is 2.04 bits per heavy atom. The maximum Gasteiger partial charge on any atom is 0.341 e. The van der Waals surface area contributed by atoms with Gasteiger partial charge in [0.15, 0.2) is 12.4 Å². The number of carboxylic acids is 1. The molecule has 124 valence electrons. The van der Waals surface area contributed by atoms with E-state index in [0.717, 1.165) is 25.4 Å². The van der Waals surface area contributed by atoms with Crippen LogP contribution in [0.4, 0.5) is 0 Å². The van der Waals surface area contributed by atoms with E-state index in [1.165, 1.54) is 12.2 Å². The fraction of sp³-hybridized carbons (Fsp3) is 0.400. The molecule has 1 saturated heterocycles. The summed E-state index contributed by atoms with van der Waals surface area (Å²) < 4.78 is 10.1. The normalized spacial score (nSPS) is 15.8. The minimum absolute atomic E-state index is 0.0150. The molecule has 1 aliphatic rings. The Labute approximate surface area is 132 Å². The van der Waals surface area contributed by atoms with Crippen LogP contribution in [-0.2, 0) is 9.59 Å². The summed E-state index contributed by atoms with van der Waals surface area (Å²) in [6.07, 6.45) is 3.77. The van der Waals surface area contributed by atoms with E-state index in [-0.39, 0.29) is 17.4 Å². The highest BCUT2D eigenvalue weighted by atomic mass is 16.5. The molecule has 0 atom stereocenters. The minimum Gasteiger partial charge on any atom is -0.479 e. The second-order valence-corrected chi connectivity index (χ2v) is 5.12. The van der Waals surface area contributed by atoms with Crippen LogP contribution >= 0.6 is 0 Å². The molecule has 1 N–H and O–H groups in total. The maximum atomic E-state index is 12.1. The van der Waals surface area contributed by atoms with Gasteiger partial charge in [0.1, 0.15) is 0 Å². The van der Waals surface area contributed by atoms with Gasteiger partial charge in [-0.25, -0.2) is 4.79 Å². The van der Waals surface area contributed by atoms with Crippen molar-refractivity contribution in [3.63, 3.8) is 0 Å². The Hall–Kier alpha value is -2.61. The quantitative estimate of drug-likeness (QED) is 0.755. The van der Waals surface area contributed by atoms with E-state index in [0.29, 0.717) is 13.1 Å². The van der Waals surface area contributed by atoms with Crippen LogP contribution < -0.4 is 10.2 Å². The third-order valence-electron chi connectivity index (χ3n) is 3.39. The largest absolute Gasteiger partial charge is 0.479 e. The van der Waals surface area contributed by atoms with E-state index in [1.807, 2.05) is 7.05 Å². The fourth-order valence-electron chi connectivity index (χ4n) is 2.09. The smallest absolute Gasteiger partial charge is 0.341 e. The summed E-state index contributed by atoms with van der Waals surface area (Å²) in [4.78, 5) is 38.2. The summed E-state index contributed by atoms with van der Waals surface area (Å²) >= 11 is 0. The number of hydrogen-bond acceptors (Lipinski definition) is 6. The molecule has 23 heavy (non-hydrogen) atoms. The van der Waals surface area contributed by atoms with Crippen molar-refractivity contribution in [1.29, 1.82) is 0 Å². The average Bonchev–Trinajstić information content (AvgIpc) is 2.52. The van der Waals surface area contributed by atoms with E-state index in [4.69, 9.17) is 14.3 Å². The fourth-order valence-corrected chi connectivity index (χ4v) is 2.09. The number of likely N-dealkylation sites (N-methyl/N-ethyl adjacent to an activating group) is 1. The first-order valence-electron chi connectivity index (χ1n) is 7.09. The Balaban J connectivity index is 2.09. The van der Waals surface area contributed by atoms with Crippen molar-refractivity contribution in [2.75, 3.05) is 39.8 Å². The first-order valence-corrected chi connectivity index (χ1v) is 7.09. The minimum atomic E-state index is -1.21. The van der Waals surface area contributed by atoms with Crippen LogP contribution in [0.2, 0.25) is 0 Å². The van der Waals surface area contributed by atoms with Crippen LogP contribution in [0.5, 0.6) is 5.75 Å². The third-order valence-corrected chi connectivity index (χ3v) is 3.39. The number of nitrogens with zero attached hydrogens (tertiary/aromatic N) is 2. The number of carbonyl (C=O) groups is 2. The van der Waals surface area contributed by atoms with Gasteiger partial charge in [-0.3, -0.25) is 9.59 Å². The lowest BCUT2D eigenvalue weighted by Crippen LogP contribution is -2.46. The molecule has 1 amide bonds. The Morgan fingerprint density at radius 3 is 2.70 bits per heavy atom. The van der Waals surface area contributed by atoms with E-state index >= 15 is 0 Å². The molecule has 0 unspecified atom stereocenters. The van der Waals surface area contributed by atoms with Crippen LogP contribution in [0.15, 0.2) is 27.6 Å². The molecule has 0 aliphatic carbocycles. The molecular weight excluding hydrogens is 304 g/mol. The monoisotopic (exact) mass is 322 g/mol. The van der Waals surface area contributed by atoms with Crippen molar-refractivity contribution in [1.82, 2.24) is 9.80 Å². The van der Waals surface area contributed by atoms with Crippen LogP contribution in [0.25, 0.3) is 6.08 Å². The van der Waals surface area contributed by atoms with E-state index in [9.17, 15) is 14.4 Å². The molecule has 8 heteroatoms. The van der Waals surface area contributed by atoms with E-state index in [1.54, 1.807) is 4.90 Å². The zero-order valence-corrected chi connectivity index (χ0v) is 12.7. The van der Waals surface area contributed by atoms with Gasteiger partial charge in [-0.1, -0.05) is 0 Å². The predicted molar refractivity (Wildman–Crippen MR) is 81.2 cm³/mol. The molecule has 1 fully saturated rings. The number of carboxylic acid groups (broad SMARTS) is 1. The van der Waals surface area contributed by atoms with Gasteiger partial charge in [0.25, 0.3) is 0 Å². The molecule has 2 rings (SSSR count). The van der Waals surface area contributed by atoms with Crippen molar-refractivity contribution < 1.29 is 23.8 Å². The van der Waals surface area contributed by atoms with Crippen molar-refractivity contribution in [3.05, 3.63) is 34.4 Å². The zero-order valence-electron chi connectivity index (χ0n) is 12.7. The molecular formula is C15H18N2O6. The predicted octanol–water partition coefficient (Wildman–Crippen LogP) is -0.110. The van der Waals surface area contributed by atoms with Gasteiger partial charge in [0, 0.05) is 38.3 Å². The number of amides is 1. The zero-order chi connectivity index (χ0) is 16.8. The summed E-state index contributed by atoms with van der Waals surface area (Å²) in [5, 5.41) is 8.63. The highest BCUT2D eigenvalue weighted by molar-refractivity contribution is 5.91. The molecule has 0 bridgehead atoms. The van der Waals surface area contributed by atoms with Gasteiger partial charge in [0.05, 0.1) is 6.26 Å². The molecule has 0 saturated carbocycles. The number of piperazine rings is 1. The summed E-state index contributed by atoms with van der Waals surface area (Å²) in [6.45, 7) is 2.18. The molecule has 0 aromatic carbocycles. The van der Waals surface area contributed by atoms with Gasteiger partial charge < -0.3 is 24.1 Å². The molecule has 8 nitrogen and oxygen atoms in total. The first kappa shape index (κ1) is 16.8. The topological polar surface area (TPSA) is 100 Å². The lowest BCUT2D eigenvalue weighted by atomic mass is 10.3. The summed E-state index contributed by atoms with van der Waals surface area (Å²) in [5.41, 5.74) is -0.510. The number of rotatable bonds is 5. The van der Waals surface area contributed by atoms with Gasteiger partial charge in [-0.2, -0.15) is 0 Å². The van der Waals surface area contributed by atoms with Crippen LogP contribution in [0.3, 0.4) is 0 Å². The standard InChI is InChI=1S/C15H18N2O6/c1-16-5-7-17(8-6-16)13(19)3-2-12-15(23-10-14(20)21)11(18)4-9-22-12/h2-4,9H,5-8,10H2,1H3,(H,20,21)/b3-2+. The van der Waals surface area contributed by atoms with Crippen LogP contribution in [0.1, 0.15) is 5.76 Å². The maximum absolute atomic E-state index is 12.1. The number of hydrogen-bond donors (Lipinski definition) is 1. The lowest BCUT2D eigenvalue weighted by Gasteiger charge is -2.31. The SMILES string of the molecule is CN1CCN(C(=O)/C=C/c2occc(=O)c2OCC(=O)O)CC1. The molecule has 1 aliphatic heterocycles. The van der Waals surface area contributed by atoms with Crippen molar-refractivity contribution >= 4 is 18.0 Å². The second-order valence-electron chi connectivity index (χ2n) is 5.12. The highest BCUT2D eigenvalue weighted by Crippen LogP contribution is 2.15. The number of aliphatic carboxylic acids is 1. The first-order chi connectivity index (χ1) is 11.0. The molecule has 0 spiro atoms. The second kappa shape index (κ2) is 7.59. The molecule has 1 aromatic rings. The van der Waals surface area contributed by atoms with E-state index in [2.05, 4.69) is 4.90 Å². The van der Waals surface area contributed by atoms with Gasteiger partial charge in [0.2, 0.25) is 17.1 Å². The molecule has 0 radical (unpaired) electrons. The summed E-state index contributed by atoms with van der Waals surface area (Å²) in [5.74, 6) is -1.62. The van der Waals surface area contributed by atoms with Crippen molar-refractivity contribution in [3.8, 4) is 5.75 Å². The van der Waals surface area contributed by atoms with Gasteiger partial charge in [-0.05, 0) is 13.1 Å². The lowest BCUT2D eigenvalue weighted by molar-refractivity contribution is -0.139. The average molecular weight is 322 g/mol. The van der Waals surface area contributed by atoms with Crippen LogP contribution in [0, 0.1) is 0 Å². The van der Waals surface area contributed by atoms with Crippen molar-refractivity contribution in [2.24, 2.45) is 0 Å². The summed E-state index contributed by atoms with van der Waals surface area (Å²) in [6, 6.07) is 1.12. The van der Waals surface area contributed by atoms with E-state index < -0.39 is 18.0 Å². The highest BCUT2D eigenvalue weighted by Gasteiger charge is 2.17. The Morgan fingerprint density at radius 1 is 1.35 bits per heavy atom. The summed E-state index contributed by atoms with van der Waals surface area (Å²) in [7, 11) is 1.99.